The molecule has 0 bridgehead atoms. The quantitative estimate of drug-likeness (QED) is 0.720. The number of esters is 1. The first-order valence-electron chi connectivity index (χ1n) is 8.33. The van der Waals surface area contributed by atoms with Gasteiger partial charge in [-0.1, -0.05) is 0 Å². The third-order valence-electron chi connectivity index (χ3n) is 5.29. The van der Waals surface area contributed by atoms with E-state index in [1.807, 2.05) is 0 Å². The lowest BCUT2D eigenvalue weighted by Gasteiger charge is -2.47. The topological polar surface area (TPSA) is 32.8 Å². The Bertz CT molecular complexity index is 343. The Morgan fingerprint density at radius 2 is 2.05 bits per heavy atom. The average Bonchev–Trinajstić information content (AvgIpc) is 3.30. The molecule has 0 N–H and O–H groups in total. The van der Waals surface area contributed by atoms with E-state index in [9.17, 15) is 4.79 Å². The predicted octanol–water partition coefficient (Wildman–Crippen LogP) is 1.89. The van der Waals surface area contributed by atoms with E-state index in [2.05, 4.69) is 9.80 Å². The van der Waals surface area contributed by atoms with Gasteiger partial charge in [-0.25, -0.2) is 0 Å². The lowest BCUT2D eigenvalue weighted by atomic mass is 9.83. The van der Waals surface area contributed by atoms with Crippen molar-refractivity contribution in [2.45, 2.75) is 57.0 Å². The Morgan fingerprint density at radius 1 is 1.20 bits per heavy atom. The third kappa shape index (κ3) is 3.34. The zero-order valence-corrected chi connectivity index (χ0v) is 12.7. The minimum Gasteiger partial charge on any atom is -0.469 e. The molecule has 0 aromatic carbocycles. The zero-order chi connectivity index (χ0) is 13.9. The highest BCUT2D eigenvalue weighted by Gasteiger charge is 2.41. The molecule has 0 spiro atoms. The molecule has 3 aliphatic rings. The smallest absolute Gasteiger partial charge is 0.305 e. The number of piperidine rings is 2. The van der Waals surface area contributed by atoms with Gasteiger partial charge in [0.2, 0.25) is 0 Å². The standard InChI is InChI=1S/C16H28N2O2/c1-20-16(19)5-3-9-17-11-8-15-13(12-17)4-2-10-18(15)14-6-7-14/h13-15H,2-12H2,1H3/t13-,15-/m0/s1. The van der Waals surface area contributed by atoms with Crippen LogP contribution in [0.2, 0.25) is 0 Å². The number of likely N-dealkylation sites (tertiary alicyclic amines) is 2. The van der Waals surface area contributed by atoms with E-state index in [0.29, 0.717) is 6.42 Å². The van der Waals surface area contributed by atoms with Gasteiger partial charge in [0.25, 0.3) is 0 Å². The van der Waals surface area contributed by atoms with Crippen molar-refractivity contribution < 1.29 is 9.53 Å². The lowest BCUT2D eigenvalue weighted by Crippen LogP contribution is -2.54. The lowest BCUT2D eigenvalue weighted by molar-refractivity contribution is -0.140. The van der Waals surface area contributed by atoms with Crippen LogP contribution in [0.3, 0.4) is 0 Å². The number of rotatable bonds is 5. The van der Waals surface area contributed by atoms with Crippen LogP contribution < -0.4 is 0 Å². The van der Waals surface area contributed by atoms with Gasteiger partial charge in [-0.05, 0) is 64.1 Å². The minimum atomic E-state index is -0.0718. The average molecular weight is 280 g/mol. The molecule has 3 rings (SSSR count). The molecule has 0 radical (unpaired) electrons. The summed E-state index contributed by atoms with van der Waals surface area (Å²) >= 11 is 0. The van der Waals surface area contributed by atoms with E-state index in [1.165, 1.54) is 58.8 Å². The van der Waals surface area contributed by atoms with Gasteiger partial charge in [-0.2, -0.15) is 0 Å². The maximum Gasteiger partial charge on any atom is 0.305 e. The molecule has 2 saturated heterocycles. The van der Waals surface area contributed by atoms with Gasteiger partial charge in [0.15, 0.2) is 0 Å². The van der Waals surface area contributed by atoms with Crippen LogP contribution in [-0.4, -0.2) is 61.1 Å². The largest absolute Gasteiger partial charge is 0.469 e. The SMILES string of the molecule is COC(=O)CCCN1CC[C@H]2[C@@H](CCCN2C2CC2)C1. The van der Waals surface area contributed by atoms with E-state index < -0.39 is 0 Å². The maximum absolute atomic E-state index is 11.2. The summed E-state index contributed by atoms with van der Waals surface area (Å²) in [5.74, 6) is 0.800. The number of carbonyl (C=O) groups excluding carboxylic acids is 1. The van der Waals surface area contributed by atoms with Crippen molar-refractivity contribution >= 4 is 5.97 Å². The number of fused-ring (bicyclic) bond motifs is 1. The van der Waals surface area contributed by atoms with Crippen molar-refractivity contribution in [3.05, 3.63) is 0 Å². The summed E-state index contributed by atoms with van der Waals surface area (Å²) in [6.45, 7) is 4.86. The fourth-order valence-electron chi connectivity index (χ4n) is 4.13. The van der Waals surface area contributed by atoms with Gasteiger partial charge in [0, 0.05) is 25.0 Å². The van der Waals surface area contributed by atoms with Gasteiger partial charge < -0.3 is 9.64 Å². The van der Waals surface area contributed by atoms with E-state index in [4.69, 9.17) is 4.74 Å². The van der Waals surface area contributed by atoms with Crippen molar-refractivity contribution in [1.82, 2.24) is 9.80 Å². The monoisotopic (exact) mass is 280 g/mol. The van der Waals surface area contributed by atoms with Crippen LogP contribution in [0.25, 0.3) is 0 Å². The molecular weight excluding hydrogens is 252 g/mol. The van der Waals surface area contributed by atoms with Gasteiger partial charge >= 0.3 is 5.97 Å². The van der Waals surface area contributed by atoms with Crippen molar-refractivity contribution in [3.8, 4) is 0 Å². The minimum absolute atomic E-state index is 0.0718. The van der Waals surface area contributed by atoms with Crippen LogP contribution in [-0.2, 0) is 9.53 Å². The molecular formula is C16H28N2O2. The number of methoxy groups -OCH3 is 1. The van der Waals surface area contributed by atoms with E-state index in [-0.39, 0.29) is 5.97 Å². The van der Waals surface area contributed by atoms with Crippen molar-refractivity contribution in [1.29, 1.82) is 0 Å². The first kappa shape index (κ1) is 14.3. The van der Waals surface area contributed by atoms with Crippen LogP contribution in [0, 0.1) is 5.92 Å². The molecule has 114 valence electrons. The summed E-state index contributed by atoms with van der Waals surface area (Å²) in [5.41, 5.74) is 0. The Morgan fingerprint density at radius 3 is 2.80 bits per heavy atom. The molecule has 3 fully saturated rings. The number of carbonyl (C=O) groups is 1. The summed E-state index contributed by atoms with van der Waals surface area (Å²) in [6.07, 6.45) is 8.50. The second-order valence-corrected chi connectivity index (χ2v) is 6.71. The molecule has 20 heavy (non-hydrogen) atoms. The summed E-state index contributed by atoms with van der Waals surface area (Å²) < 4.78 is 4.71. The maximum atomic E-state index is 11.2. The Balaban J connectivity index is 1.45. The second-order valence-electron chi connectivity index (χ2n) is 6.71. The summed E-state index contributed by atoms with van der Waals surface area (Å²) in [7, 11) is 1.47. The van der Waals surface area contributed by atoms with Crippen LogP contribution in [0.15, 0.2) is 0 Å². The number of hydrogen-bond donors (Lipinski definition) is 0. The predicted molar refractivity (Wildman–Crippen MR) is 78.5 cm³/mol. The van der Waals surface area contributed by atoms with E-state index in [0.717, 1.165) is 31.0 Å². The molecule has 0 aromatic rings. The third-order valence-corrected chi connectivity index (χ3v) is 5.29. The van der Waals surface area contributed by atoms with Crippen LogP contribution >= 0.6 is 0 Å². The number of ether oxygens (including phenoxy) is 1. The highest BCUT2D eigenvalue weighted by molar-refractivity contribution is 5.69. The molecule has 2 aliphatic heterocycles. The molecule has 4 nitrogen and oxygen atoms in total. The highest BCUT2D eigenvalue weighted by atomic mass is 16.5. The molecule has 4 heteroatoms. The second kappa shape index (κ2) is 6.44. The normalized spacial score (nSPS) is 31.9. The molecule has 1 saturated carbocycles. The van der Waals surface area contributed by atoms with Crippen molar-refractivity contribution in [3.63, 3.8) is 0 Å². The van der Waals surface area contributed by atoms with Gasteiger partial charge in [-0.15, -0.1) is 0 Å². The van der Waals surface area contributed by atoms with Crippen LogP contribution in [0.4, 0.5) is 0 Å². The van der Waals surface area contributed by atoms with Gasteiger partial charge in [0.05, 0.1) is 7.11 Å². The molecule has 0 amide bonds. The van der Waals surface area contributed by atoms with Gasteiger partial charge in [0.1, 0.15) is 0 Å². The Kier molecular flexibility index (Phi) is 4.61. The van der Waals surface area contributed by atoms with Crippen molar-refractivity contribution in [2.24, 2.45) is 5.92 Å². The van der Waals surface area contributed by atoms with Crippen LogP contribution in [0.1, 0.15) is 44.9 Å². The van der Waals surface area contributed by atoms with Crippen LogP contribution in [0.5, 0.6) is 0 Å². The molecule has 2 atom stereocenters. The zero-order valence-electron chi connectivity index (χ0n) is 12.7. The number of nitrogens with zero attached hydrogens (tertiary/aromatic N) is 2. The Hall–Kier alpha value is -0.610. The molecule has 1 aliphatic carbocycles. The first-order chi connectivity index (χ1) is 9.78. The molecule has 0 aromatic heterocycles. The first-order valence-corrected chi connectivity index (χ1v) is 8.33. The highest BCUT2D eigenvalue weighted by Crippen LogP contribution is 2.38. The van der Waals surface area contributed by atoms with Gasteiger partial charge in [-0.3, -0.25) is 9.69 Å². The van der Waals surface area contributed by atoms with E-state index >= 15 is 0 Å². The fraction of sp³-hybridized carbons (Fsp3) is 0.938. The summed E-state index contributed by atoms with van der Waals surface area (Å²) in [5, 5.41) is 0. The molecule has 2 heterocycles. The van der Waals surface area contributed by atoms with E-state index in [1.54, 1.807) is 0 Å². The van der Waals surface area contributed by atoms with Crippen molar-refractivity contribution in [2.75, 3.05) is 33.3 Å². The summed E-state index contributed by atoms with van der Waals surface area (Å²) in [6, 6.07) is 1.78. The number of hydrogen-bond acceptors (Lipinski definition) is 4. The summed E-state index contributed by atoms with van der Waals surface area (Å²) in [4.78, 5) is 16.5. The Labute approximate surface area is 122 Å². The molecule has 0 unspecified atom stereocenters. The fourth-order valence-corrected chi connectivity index (χ4v) is 4.13.